The maximum Gasteiger partial charge on any atom is 0.0456 e. The third-order valence-corrected chi connectivity index (χ3v) is 5.72. The monoisotopic (exact) mass is 297 g/mol. The summed E-state index contributed by atoms with van der Waals surface area (Å²) < 4.78 is 0. The molecular formula is C19H23NS. The van der Waals surface area contributed by atoms with E-state index in [2.05, 4.69) is 84.7 Å². The Balaban J connectivity index is 1.84. The Morgan fingerprint density at radius 3 is 2.38 bits per heavy atom. The number of benzene rings is 2. The first-order valence-electron chi connectivity index (χ1n) is 7.80. The van der Waals surface area contributed by atoms with Crippen LogP contribution in [0.5, 0.6) is 0 Å². The highest BCUT2D eigenvalue weighted by atomic mass is 32.2. The van der Waals surface area contributed by atoms with E-state index in [-0.39, 0.29) is 0 Å². The lowest BCUT2D eigenvalue weighted by Gasteiger charge is -2.27. The molecular weight excluding hydrogens is 274 g/mol. The molecule has 2 heteroatoms. The molecule has 2 aromatic carbocycles. The largest absolute Gasteiger partial charge is 0.312 e. The van der Waals surface area contributed by atoms with Gasteiger partial charge in [0.2, 0.25) is 0 Å². The van der Waals surface area contributed by atoms with Gasteiger partial charge in [-0.2, -0.15) is 0 Å². The molecule has 0 radical (unpaired) electrons. The van der Waals surface area contributed by atoms with Gasteiger partial charge in [0.05, 0.1) is 0 Å². The molecule has 21 heavy (non-hydrogen) atoms. The number of thioether (sulfide) groups is 1. The standard InChI is InChI=1S/C19H23NS/c1-15-12-13-20-18(14-16-8-4-2-5-9-16)19(21-15)17-10-6-3-7-11-17/h2-11,15,18-20H,12-14H2,1H3. The van der Waals surface area contributed by atoms with Gasteiger partial charge in [-0.05, 0) is 30.5 Å². The number of hydrogen-bond donors (Lipinski definition) is 1. The molecule has 2 aromatic rings. The average molecular weight is 297 g/mol. The van der Waals surface area contributed by atoms with Crippen LogP contribution >= 0.6 is 11.8 Å². The van der Waals surface area contributed by atoms with Crippen molar-refractivity contribution in [2.45, 2.75) is 36.3 Å². The second kappa shape index (κ2) is 7.15. The summed E-state index contributed by atoms with van der Waals surface area (Å²) in [5, 5.41) is 5.03. The first-order chi connectivity index (χ1) is 10.3. The van der Waals surface area contributed by atoms with Gasteiger partial charge in [0.25, 0.3) is 0 Å². The van der Waals surface area contributed by atoms with Gasteiger partial charge in [0.1, 0.15) is 0 Å². The maximum atomic E-state index is 3.79. The molecule has 1 nitrogen and oxygen atoms in total. The zero-order chi connectivity index (χ0) is 14.5. The molecule has 0 saturated carbocycles. The van der Waals surface area contributed by atoms with Gasteiger partial charge in [0, 0.05) is 16.5 Å². The van der Waals surface area contributed by atoms with Gasteiger partial charge in [-0.1, -0.05) is 67.6 Å². The Labute approximate surface area is 132 Å². The summed E-state index contributed by atoms with van der Waals surface area (Å²) >= 11 is 2.13. The first-order valence-corrected chi connectivity index (χ1v) is 8.75. The Bertz CT molecular complexity index is 540. The van der Waals surface area contributed by atoms with Crippen LogP contribution in [0, 0.1) is 0 Å². The molecule has 0 aromatic heterocycles. The Hall–Kier alpha value is -1.25. The zero-order valence-corrected chi connectivity index (χ0v) is 13.4. The van der Waals surface area contributed by atoms with Gasteiger partial charge < -0.3 is 5.32 Å². The zero-order valence-electron chi connectivity index (χ0n) is 12.5. The number of rotatable bonds is 3. The number of hydrogen-bond acceptors (Lipinski definition) is 2. The van der Waals surface area contributed by atoms with E-state index >= 15 is 0 Å². The Kier molecular flexibility index (Phi) is 5.00. The summed E-state index contributed by atoms with van der Waals surface area (Å²) in [6.07, 6.45) is 2.35. The third-order valence-electron chi connectivity index (χ3n) is 4.13. The van der Waals surface area contributed by atoms with Crippen molar-refractivity contribution in [1.29, 1.82) is 0 Å². The predicted octanol–water partition coefficient (Wildman–Crippen LogP) is 4.45. The minimum atomic E-state index is 0.504. The predicted molar refractivity (Wildman–Crippen MR) is 92.8 cm³/mol. The summed E-state index contributed by atoms with van der Waals surface area (Å²) in [6.45, 7) is 3.47. The van der Waals surface area contributed by atoms with Crippen molar-refractivity contribution in [3.05, 3.63) is 71.8 Å². The molecule has 0 aliphatic carbocycles. The minimum Gasteiger partial charge on any atom is -0.312 e. The van der Waals surface area contributed by atoms with Crippen molar-refractivity contribution >= 4 is 11.8 Å². The number of nitrogens with one attached hydrogen (secondary N) is 1. The molecule has 110 valence electrons. The van der Waals surface area contributed by atoms with Crippen LogP contribution in [-0.4, -0.2) is 17.8 Å². The van der Waals surface area contributed by atoms with Crippen LogP contribution in [0.2, 0.25) is 0 Å². The van der Waals surface area contributed by atoms with Gasteiger partial charge in [-0.25, -0.2) is 0 Å². The summed E-state index contributed by atoms with van der Waals surface area (Å²) in [5.74, 6) is 0. The summed E-state index contributed by atoms with van der Waals surface area (Å²) in [7, 11) is 0. The van der Waals surface area contributed by atoms with Crippen LogP contribution < -0.4 is 5.32 Å². The van der Waals surface area contributed by atoms with E-state index in [0.717, 1.165) is 13.0 Å². The molecule has 3 unspecified atom stereocenters. The van der Waals surface area contributed by atoms with Crippen molar-refractivity contribution < 1.29 is 0 Å². The average Bonchev–Trinajstić information content (AvgIpc) is 2.71. The molecule has 1 aliphatic heterocycles. The molecule has 3 rings (SSSR count). The SMILES string of the molecule is CC1CCNC(Cc2ccccc2)C(c2ccccc2)S1. The van der Waals surface area contributed by atoms with Crippen molar-refractivity contribution in [3.8, 4) is 0 Å². The fourth-order valence-electron chi connectivity index (χ4n) is 2.99. The van der Waals surface area contributed by atoms with Gasteiger partial charge in [-0.15, -0.1) is 11.8 Å². The second-order valence-electron chi connectivity index (χ2n) is 5.82. The maximum absolute atomic E-state index is 3.79. The lowest BCUT2D eigenvalue weighted by atomic mass is 9.98. The lowest BCUT2D eigenvalue weighted by Crippen LogP contribution is -2.34. The summed E-state index contributed by atoms with van der Waals surface area (Å²) in [4.78, 5) is 0. The van der Waals surface area contributed by atoms with Gasteiger partial charge >= 0.3 is 0 Å². The van der Waals surface area contributed by atoms with Crippen LogP contribution in [0.25, 0.3) is 0 Å². The van der Waals surface area contributed by atoms with Gasteiger partial charge in [-0.3, -0.25) is 0 Å². The molecule has 1 fully saturated rings. The van der Waals surface area contributed by atoms with Crippen LogP contribution in [0.1, 0.15) is 29.7 Å². The van der Waals surface area contributed by atoms with E-state index in [1.165, 1.54) is 17.5 Å². The molecule has 1 N–H and O–H groups in total. The highest BCUT2D eigenvalue weighted by Gasteiger charge is 2.28. The topological polar surface area (TPSA) is 12.0 Å². The molecule has 0 amide bonds. The molecule has 1 heterocycles. The van der Waals surface area contributed by atoms with Crippen LogP contribution in [0.3, 0.4) is 0 Å². The normalized spacial score (nSPS) is 26.2. The first kappa shape index (κ1) is 14.7. The lowest BCUT2D eigenvalue weighted by molar-refractivity contribution is 0.505. The fraction of sp³-hybridized carbons (Fsp3) is 0.368. The summed E-state index contributed by atoms with van der Waals surface area (Å²) in [6, 6.07) is 22.3. The van der Waals surface area contributed by atoms with Crippen LogP contribution in [-0.2, 0) is 6.42 Å². The van der Waals surface area contributed by atoms with E-state index in [1.54, 1.807) is 0 Å². The highest BCUT2D eigenvalue weighted by Crippen LogP contribution is 2.39. The fourth-order valence-corrected chi connectivity index (χ4v) is 4.44. The van der Waals surface area contributed by atoms with E-state index in [1.807, 2.05) is 0 Å². The van der Waals surface area contributed by atoms with E-state index in [4.69, 9.17) is 0 Å². The van der Waals surface area contributed by atoms with E-state index in [0.29, 0.717) is 16.5 Å². The molecule has 0 bridgehead atoms. The summed E-state index contributed by atoms with van der Waals surface area (Å²) in [5.41, 5.74) is 2.87. The van der Waals surface area contributed by atoms with Gasteiger partial charge in [0.15, 0.2) is 0 Å². The molecule has 1 aliphatic rings. The highest BCUT2D eigenvalue weighted by molar-refractivity contribution is 8.00. The quantitative estimate of drug-likeness (QED) is 0.898. The molecule has 1 saturated heterocycles. The minimum absolute atomic E-state index is 0.504. The van der Waals surface area contributed by atoms with Crippen molar-refractivity contribution in [2.24, 2.45) is 0 Å². The Morgan fingerprint density at radius 2 is 1.67 bits per heavy atom. The van der Waals surface area contributed by atoms with Crippen molar-refractivity contribution in [3.63, 3.8) is 0 Å². The van der Waals surface area contributed by atoms with Crippen molar-refractivity contribution in [1.82, 2.24) is 5.32 Å². The van der Waals surface area contributed by atoms with E-state index < -0.39 is 0 Å². The smallest absolute Gasteiger partial charge is 0.0456 e. The van der Waals surface area contributed by atoms with Crippen LogP contribution in [0.4, 0.5) is 0 Å². The van der Waals surface area contributed by atoms with Crippen LogP contribution in [0.15, 0.2) is 60.7 Å². The van der Waals surface area contributed by atoms with Crippen molar-refractivity contribution in [2.75, 3.05) is 6.54 Å². The molecule has 0 spiro atoms. The van der Waals surface area contributed by atoms with E-state index in [9.17, 15) is 0 Å². The Morgan fingerprint density at radius 1 is 1.00 bits per heavy atom. The molecule has 3 atom stereocenters. The second-order valence-corrected chi connectivity index (χ2v) is 7.40. The third kappa shape index (κ3) is 3.90.